The fourth-order valence-corrected chi connectivity index (χ4v) is 5.71. The number of likely N-dealkylation sites (tertiary alicyclic amines) is 1. The van der Waals surface area contributed by atoms with Crippen LogP contribution in [0.3, 0.4) is 0 Å². The van der Waals surface area contributed by atoms with Gasteiger partial charge in [0.05, 0.1) is 16.7 Å². The number of benzene rings is 2. The maximum absolute atomic E-state index is 13.3. The van der Waals surface area contributed by atoms with Crippen molar-refractivity contribution in [1.82, 2.24) is 4.90 Å². The average Bonchev–Trinajstić information content (AvgIpc) is 2.77. The molecule has 1 atom stereocenters. The Morgan fingerprint density at radius 3 is 2.45 bits per heavy atom. The molecular weight excluding hydrogens is 473 g/mol. The van der Waals surface area contributed by atoms with Gasteiger partial charge in [-0.2, -0.15) is 13.2 Å². The van der Waals surface area contributed by atoms with Gasteiger partial charge in [-0.15, -0.1) is 11.8 Å². The Bertz CT molecular complexity index is 1010. The summed E-state index contributed by atoms with van der Waals surface area (Å²) in [5.74, 6) is 0.555. The Balaban J connectivity index is 1.80. The molecule has 0 radical (unpaired) electrons. The van der Waals surface area contributed by atoms with E-state index in [2.05, 4.69) is 10.2 Å². The molecule has 0 spiro atoms. The molecule has 182 valence electrons. The number of halogens is 3. The SMILES string of the molecule is Cc1ccc(N[C@H](CCN2CCC(O)CC2)CSc2ccccc2)c(S(=O)(=O)C(F)(F)F)c1. The van der Waals surface area contributed by atoms with Crippen molar-refractivity contribution in [2.45, 2.75) is 53.6 Å². The van der Waals surface area contributed by atoms with Gasteiger partial charge in [0.15, 0.2) is 0 Å². The summed E-state index contributed by atoms with van der Waals surface area (Å²) < 4.78 is 64.4. The summed E-state index contributed by atoms with van der Waals surface area (Å²) in [5.41, 5.74) is -4.98. The van der Waals surface area contributed by atoms with Gasteiger partial charge in [0, 0.05) is 36.3 Å². The van der Waals surface area contributed by atoms with Crippen LogP contribution in [0.4, 0.5) is 18.9 Å². The van der Waals surface area contributed by atoms with Crippen LogP contribution < -0.4 is 5.32 Å². The Hall–Kier alpha value is -1.75. The Kier molecular flexibility index (Phi) is 8.71. The van der Waals surface area contributed by atoms with E-state index in [1.54, 1.807) is 24.8 Å². The quantitative estimate of drug-likeness (QED) is 0.484. The summed E-state index contributed by atoms with van der Waals surface area (Å²) >= 11 is 1.56. The molecule has 1 saturated heterocycles. The molecule has 1 fully saturated rings. The Labute approximate surface area is 197 Å². The lowest BCUT2D eigenvalue weighted by Crippen LogP contribution is -2.38. The standard InChI is InChI=1S/C23H29F3N2O3S2/c1-17-7-8-21(22(15-17)33(30,31)23(24,25)26)27-18(16-32-20-5-3-2-4-6-20)9-12-28-13-10-19(29)11-14-28/h2-8,15,18-19,27,29H,9-14,16H2,1H3/t18-/m1/s1. The van der Waals surface area contributed by atoms with Crippen LogP contribution in [0, 0.1) is 6.92 Å². The molecule has 1 aliphatic heterocycles. The second-order valence-corrected chi connectivity index (χ2v) is 11.3. The Morgan fingerprint density at radius 2 is 1.82 bits per heavy atom. The number of hydrogen-bond donors (Lipinski definition) is 2. The van der Waals surface area contributed by atoms with Gasteiger partial charge in [0.25, 0.3) is 9.84 Å². The zero-order valence-corrected chi connectivity index (χ0v) is 20.0. The van der Waals surface area contributed by atoms with Crippen LogP contribution >= 0.6 is 11.8 Å². The smallest absolute Gasteiger partial charge is 0.393 e. The number of aliphatic hydroxyl groups is 1. The maximum Gasteiger partial charge on any atom is 0.501 e. The van der Waals surface area contributed by atoms with Gasteiger partial charge in [0.2, 0.25) is 0 Å². The van der Waals surface area contributed by atoms with Gasteiger partial charge in [-0.05, 0) is 56.0 Å². The van der Waals surface area contributed by atoms with E-state index in [1.807, 2.05) is 30.3 Å². The summed E-state index contributed by atoms with van der Waals surface area (Å²) in [5, 5.41) is 12.8. The topological polar surface area (TPSA) is 69.6 Å². The number of hydrogen-bond acceptors (Lipinski definition) is 6. The Morgan fingerprint density at radius 1 is 1.15 bits per heavy atom. The van der Waals surface area contributed by atoms with Crippen LogP contribution in [0.5, 0.6) is 0 Å². The van der Waals surface area contributed by atoms with Crippen molar-refractivity contribution in [3.8, 4) is 0 Å². The van der Waals surface area contributed by atoms with Gasteiger partial charge >= 0.3 is 5.51 Å². The summed E-state index contributed by atoms with van der Waals surface area (Å²) in [4.78, 5) is 2.50. The molecule has 1 aliphatic rings. The molecule has 10 heteroatoms. The highest BCUT2D eigenvalue weighted by Crippen LogP contribution is 2.35. The minimum atomic E-state index is -5.49. The van der Waals surface area contributed by atoms with Crippen LogP contribution in [-0.2, 0) is 9.84 Å². The van der Waals surface area contributed by atoms with Crippen LogP contribution in [0.2, 0.25) is 0 Å². The first-order valence-corrected chi connectivity index (χ1v) is 13.3. The highest BCUT2D eigenvalue weighted by atomic mass is 32.2. The molecular formula is C23H29F3N2O3S2. The molecule has 1 heterocycles. The van der Waals surface area contributed by atoms with Crippen LogP contribution in [0.15, 0.2) is 58.3 Å². The van der Waals surface area contributed by atoms with Crippen molar-refractivity contribution >= 4 is 27.3 Å². The van der Waals surface area contributed by atoms with Crippen molar-refractivity contribution in [1.29, 1.82) is 0 Å². The summed E-state index contributed by atoms with van der Waals surface area (Å²) in [7, 11) is -5.49. The largest absolute Gasteiger partial charge is 0.501 e. The first kappa shape index (κ1) is 25.9. The monoisotopic (exact) mass is 502 g/mol. The molecule has 2 aromatic rings. The minimum absolute atomic E-state index is 0.0364. The molecule has 2 N–H and O–H groups in total. The number of anilines is 1. The molecule has 3 rings (SSSR count). The number of rotatable bonds is 9. The van der Waals surface area contributed by atoms with E-state index >= 15 is 0 Å². The van der Waals surface area contributed by atoms with E-state index < -0.39 is 20.2 Å². The second kappa shape index (κ2) is 11.1. The number of nitrogens with zero attached hydrogens (tertiary/aromatic N) is 1. The lowest BCUT2D eigenvalue weighted by molar-refractivity contribution is -0.0435. The molecule has 33 heavy (non-hydrogen) atoms. The first-order chi connectivity index (χ1) is 15.6. The predicted molar refractivity (Wildman–Crippen MR) is 125 cm³/mol. The zero-order valence-electron chi connectivity index (χ0n) is 18.4. The van der Waals surface area contributed by atoms with E-state index in [-0.39, 0.29) is 17.8 Å². The molecule has 0 aromatic heterocycles. The first-order valence-electron chi connectivity index (χ1n) is 10.8. The van der Waals surface area contributed by atoms with E-state index in [0.29, 0.717) is 37.1 Å². The van der Waals surface area contributed by atoms with Crippen molar-refractivity contribution in [3.05, 3.63) is 54.1 Å². The van der Waals surface area contributed by atoms with Crippen LogP contribution in [0.25, 0.3) is 0 Å². The number of aliphatic hydroxyl groups excluding tert-OH is 1. The fourth-order valence-electron chi connectivity index (χ4n) is 3.71. The fraction of sp³-hybridized carbons (Fsp3) is 0.478. The van der Waals surface area contributed by atoms with Crippen LogP contribution in [0.1, 0.15) is 24.8 Å². The highest BCUT2D eigenvalue weighted by molar-refractivity contribution is 7.99. The molecule has 0 unspecified atom stereocenters. The lowest BCUT2D eigenvalue weighted by atomic mass is 10.1. The molecule has 0 amide bonds. The molecule has 0 aliphatic carbocycles. The normalized spacial score (nSPS) is 17.1. The van der Waals surface area contributed by atoms with Crippen molar-refractivity contribution in [2.24, 2.45) is 0 Å². The molecule has 2 aromatic carbocycles. The number of aryl methyl sites for hydroxylation is 1. The second-order valence-electron chi connectivity index (χ2n) is 8.28. The summed E-state index contributed by atoms with van der Waals surface area (Å²) in [6, 6.07) is 13.5. The third-order valence-corrected chi connectivity index (χ3v) is 8.34. The highest BCUT2D eigenvalue weighted by Gasteiger charge is 2.48. The van der Waals surface area contributed by atoms with Gasteiger partial charge in [-0.3, -0.25) is 0 Å². The average molecular weight is 503 g/mol. The van der Waals surface area contributed by atoms with E-state index in [1.165, 1.54) is 6.07 Å². The van der Waals surface area contributed by atoms with Crippen molar-refractivity contribution < 1.29 is 26.7 Å². The number of alkyl halides is 3. The summed E-state index contributed by atoms with van der Waals surface area (Å²) in [6.45, 7) is 3.79. The van der Waals surface area contributed by atoms with E-state index in [9.17, 15) is 26.7 Å². The third kappa shape index (κ3) is 7.11. The van der Waals surface area contributed by atoms with E-state index in [0.717, 1.165) is 24.1 Å². The number of nitrogens with one attached hydrogen (secondary N) is 1. The van der Waals surface area contributed by atoms with Gasteiger partial charge < -0.3 is 15.3 Å². The van der Waals surface area contributed by atoms with Gasteiger partial charge in [0.1, 0.15) is 0 Å². The van der Waals surface area contributed by atoms with Gasteiger partial charge in [-0.1, -0.05) is 24.3 Å². The zero-order chi connectivity index (χ0) is 24.1. The number of sulfone groups is 1. The number of piperidine rings is 1. The number of thioether (sulfide) groups is 1. The molecule has 5 nitrogen and oxygen atoms in total. The van der Waals surface area contributed by atoms with Gasteiger partial charge in [-0.25, -0.2) is 8.42 Å². The van der Waals surface area contributed by atoms with Crippen molar-refractivity contribution in [3.63, 3.8) is 0 Å². The molecule has 0 bridgehead atoms. The third-order valence-electron chi connectivity index (χ3n) is 5.64. The van der Waals surface area contributed by atoms with Crippen LogP contribution in [-0.4, -0.2) is 61.5 Å². The summed E-state index contributed by atoms with van der Waals surface area (Å²) in [6.07, 6.45) is 1.73. The predicted octanol–water partition coefficient (Wildman–Crippen LogP) is 4.71. The maximum atomic E-state index is 13.3. The van der Waals surface area contributed by atoms with E-state index in [4.69, 9.17) is 0 Å². The lowest BCUT2D eigenvalue weighted by Gasteiger charge is -2.31. The minimum Gasteiger partial charge on any atom is -0.393 e. The van der Waals surface area contributed by atoms with Crippen molar-refractivity contribution in [2.75, 3.05) is 30.7 Å². The molecule has 0 saturated carbocycles.